The van der Waals surface area contributed by atoms with E-state index in [4.69, 9.17) is 9.72 Å². The lowest BCUT2D eigenvalue weighted by Gasteiger charge is -2.23. The summed E-state index contributed by atoms with van der Waals surface area (Å²) in [4.78, 5) is 22.2. The Balaban J connectivity index is 0.00000341. The summed E-state index contributed by atoms with van der Waals surface area (Å²) >= 11 is 1.54. The van der Waals surface area contributed by atoms with Gasteiger partial charge in [0.25, 0.3) is 0 Å². The molecule has 0 bridgehead atoms. The Hall–Kier alpha value is -2.15. The van der Waals surface area contributed by atoms with E-state index < -0.39 is 0 Å². The van der Waals surface area contributed by atoms with Crippen molar-refractivity contribution >= 4 is 45.0 Å². The molecule has 0 aliphatic rings. The van der Waals surface area contributed by atoms with Gasteiger partial charge in [-0.05, 0) is 70.6 Å². The third-order valence-corrected chi connectivity index (χ3v) is 6.19. The number of anilines is 1. The van der Waals surface area contributed by atoms with Crippen LogP contribution >= 0.6 is 23.7 Å². The molecule has 0 saturated heterocycles. The first kappa shape index (κ1) is 25.1. The molecule has 3 rings (SSSR count). The fourth-order valence-electron chi connectivity index (χ4n) is 3.66. The molecule has 0 atom stereocenters. The summed E-state index contributed by atoms with van der Waals surface area (Å²) in [5.74, 6) is 0.839. The fraction of sp³-hybridized carbons (Fsp3) is 0.417. The third-order valence-electron chi connectivity index (χ3n) is 5.14. The molecule has 1 heterocycles. The molecule has 2 aromatic carbocycles. The number of hydrogen-bond donors (Lipinski definition) is 0. The van der Waals surface area contributed by atoms with Gasteiger partial charge in [-0.3, -0.25) is 9.69 Å². The summed E-state index contributed by atoms with van der Waals surface area (Å²) in [5.41, 5.74) is 5.48. The highest BCUT2D eigenvalue weighted by atomic mass is 35.5. The number of amides is 1. The summed E-state index contributed by atoms with van der Waals surface area (Å²) in [7, 11) is 4.03. The predicted molar refractivity (Wildman–Crippen MR) is 133 cm³/mol. The lowest BCUT2D eigenvalue weighted by Crippen LogP contribution is -2.37. The first-order chi connectivity index (χ1) is 14.3. The van der Waals surface area contributed by atoms with Gasteiger partial charge in [0, 0.05) is 13.1 Å². The van der Waals surface area contributed by atoms with Crippen molar-refractivity contribution in [3.63, 3.8) is 0 Å². The lowest BCUT2D eigenvalue weighted by atomic mass is 9.97. The van der Waals surface area contributed by atoms with Crippen LogP contribution < -0.4 is 9.64 Å². The average molecular weight is 462 g/mol. The van der Waals surface area contributed by atoms with Crippen LogP contribution in [0.4, 0.5) is 5.13 Å². The Morgan fingerprint density at radius 2 is 1.77 bits per heavy atom. The predicted octanol–water partition coefficient (Wildman–Crippen LogP) is 5.18. The van der Waals surface area contributed by atoms with Crippen molar-refractivity contribution in [3.05, 3.63) is 52.6 Å². The van der Waals surface area contributed by atoms with Crippen molar-refractivity contribution in [2.45, 2.75) is 34.1 Å². The van der Waals surface area contributed by atoms with Gasteiger partial charge in [0.05, 0.1) is 17.7 Å². The molecule has 31 heavy (non-hydrogen) atoms. The van der Waals surface area contributed by atoms with Gasteiger partial charge in [-0.2, -0.15) is 0 Å². The first-order valence-corrected chi connectivity index (χ1v) is 11.2. The van der Waals surface area contributed by atoms with Crippen molar-refractivity contribution in [1.82, 2.24) is 9.88 Å². The van der Waals surface area contributed by atoms with Crippen molar-refractivity contribution in [1.29, 1.82) is 0 Å². The lowest BCUT2D eigenvalue weighted by molar-refractivity contribution is -0.118. The van der Waals surface area contributed by atoms with Crippen molar-refractivity contribution in [3.8, 4) is 5.75 Å². The Bertz CT molecular complexity index is 1030. The third kappa shape index (κ3) is 5.97. The summed E-state index contributed by atoms with van der Waals surface area (Å²) in [6, 6.07) is 10.2. The maximum atomic E-state index is 13.4. The summed E-state index contributed by atoms with van der Waals surface area (Å²) in [5, 5.41) is 0.728. The Labute approximate surface area is 195 Å². The summed E-state index contributed by atoms with van der Waals surface area (Å²) in [6.07, 6.45) is 0.375. The van der Waals surface area contributed by atoms with Gasteiger partial charge < -0.3 is 9.64 Å². The second kappa shape index (κ2) is 10.9. The molecule has 0 spiro atoms. The number of carbonyl (C=O) groups excluding carboxylic acids is 1. The minimum atomic E-state index is 0. The molecule has 0 unspecified atom stereocenters. The Morgan fingerprint density at radius 1 is 1.10 bits per heavy atom. The number of para-hydroxylation sites is 1. The van der Waals surface area contributed by atoms with E-state index in [2.05, 4.69) is 37.8 Å². The number of nitrogens with zero attached hydrogens (tertiary/aromatic N) is 3. The van der Waals surface area contributed by atoms with Gasteiger partial charge in [-0.1, -0.05) is 35.1 Å². The zero-order valence-corrected chi connectivity index (χ0v) is 20.8. The monoisotopic (exact) mass is 461 g/mol. The van der Waals surface area contributed by atoms with Crippen LogP contribution in [0.3, 0.4) is 0 Å². The highest BCUT2D eigenvalue weighted by molar-refractivity contribution is 7.22. The molecule has 168 valence electrons. The highest BCUT2D eigenvalue weighted by Gasteiger charge is 2.22. The van der Waals surface area contributed by atoms with Gasteiger partial charge in [0.2, 0.25) is 5.91 Å². The highest BCUT2D eigenvalue weighted by Crippen LogP contribution is 2.34. The van der Waals surface area contributed by atoms with Gasteiger partial charge >= 0.3 is 0 Å². The second-order valence-corrected chi connectivity index (χ2v) is 8.94. The number of benzene rings is 2. The number of hydrogen-bond acceptors (Lipinski definition) is 5. The number of rotatable bonds is 8. The van der Waals surface area contributed by atoms with E-state index in [0.29, 0.717) is 19.6 Å². The topological polar surface area (TPSA) is 45.7 Å². The molecule has 1 aromatic heterocycles. The molecule has 0 aliphatic heterocycles. The van der Waals surface area contributed by atoms with Crippen LogP contribution in [0.1, 0.15) is 29.2 Å². The van der Waals surface area contributed by atoms with Gasteiger partial charge in [-0.15, -0.1) is 12.4 Å². The van der Waals surface area contributed by atoms with Crippen molar-refractivity contribution in [2.75, 3.05) is 38.7 Å². The molecule has 7 heteroatoms. The van der Waals surface area contributed by atoms with Crippen LogP contribution in [0.5, 0.6) is 5.75 Å². The van der Waals surface area contributed by atoms with Crippen LogP contribution in [-0.2, 0) is 11.2 Å². The SMILES string of the molecule is CCOc1cccc2sc(N(CCN(C)C)C(=O)Cc3c(C)cc(C)cc3C)nc12.Cl. The number of likely N-dealkylation sites (N-methyl/N-ethyl adjacent to an activating group) is 1. The zero-order valence-electron chi connectivity index (χ0n) is 19.2. The number of fused-ring (bicyclic) bond motifs is 1. The normalized spacial score (nSPS) is 10.9. The van der Waals surface area contributed by atoms with Crippen LogP contribution in [0.15, 0.2) is 30.3 Å². The number of halogens is 1. The minimum absolute atomic E-state index is 0. The van der Waals surface area contributed by atoms with E-state index in [9.17, 15) is 4.79 Å². The number of thiazole rings is 1. The van der Waals surface area contributed by atoms with E-state index in [1.807, 2.05) is 44.1 Å². The quantitative estimate of drug-likeness (QED) is 0.463. The molecule has 1 amide bonds. The van der Waals surface area contributed by atoms with E-state index in [0.717, 1.165) is 44.3 Å². The molecule has 0 radical (unpaired) electrons. The molecular formula is C24H32ClN3O2S. The van der Waals surface area contributed by atoms with Gasteiger partial charge in [0.1, 0.15) is 11.3 Å². The van der Waals surface area contributed by atoms with Crippen LogP contribution in [0, 0.1) is 20.8 Å². The van der Waals surface area contributed by atoms with E-state index >= 15 is 0 Å². The van der Waals surface area contributed by atoms with Crippen LogP contribution in [-0.4, -0.2) is 49.6 Å². The zero-order chi connectivity index (χ0) is 21.8. The molecule has 5 nitrogen and oxygen atoms in total. The second-order valence-electron chi connectivity index (χ2n) is 7.94. The van der Waals surface area contributed by atoms with Crippen LogP contribution in [0.25, 0.3) is 10.2 Å². The molecule has 0 N–H and O–H groups in total. The number of ether oxygens (including phenoxy) is 1. The van der Waals surface area contributed by atoms with E-state index in [1.54, 1.807) is 11.3 Å². The van der Waals surface area contributed by atoms with Gasteiger partial charge in [-0.25, -0.2) is 4.98 Å². The van der Waals surface area contributed by atoms with Crippen LogP contribution in [0.2, 0.25) is 0 Å². The summed E-state index contributed by atoms with van der Waals surface area (Å²) in [6.45, 7) is 10.2. The Morgan fingerprint density at radius 3 is 2.39 bits per heavy atom. The van der Waals surface area contributed by atoms with Crippen molar-refractivity contribution < 1.29 is 9.53 Å². The smallest absolute Gasteiger partial charge is 0.233 e. The first-order valence-electron chi connectivity index (χ1n) is 10.3. The molecule has 0 aliphatic carbocycles. The number of aromatic nitrogens is 1. The molecular weight excluding hydrogens is 430 g/mol. The molecule has 0 fully saturated rings. The fourth-order valence-corrected chi connectivity index (χ4v) is 4.69. The number of aryl methyl sites for hydroxylation is 3. The standard InChI is InChI=1S/C24H31N3O2S.ClH/c1-7-29-20-9-8-10-21-23(20)25-24(30-21)27(12-11-26(5)6)22(28)15-19-17(3)13-16(2)14-18(19)4;/h8-10,13-14H,7,11-12,15H2,1-6H3;1H. The molecule has 0 saturated carbocycles. The summed E-state index contributed by atoms with van der Waals surface area (Å²) < 4.78 is 6.77. The largest absolute Gasteiger partial charge is 0.492 e. The van der Waals surface area contributed by atoms with E-state index in [-0.39, 0.29) is 18.3 Å². The Kier molecular flexibility index (Phi) is 8.86. The maximum absolute atomic E-state index is 13.4. The average Bonchev–Trinajstić information content (AvgIpc) is 3.09. The minimum Gasteiger partial charge on any atom is -0.492 e. The number of carbonyl (C=O) groups is 1. The molecule has 3 aromatic rings. The maximum Gasteiger partial charge on any atom is 0.233 e. The van der Waals surface area contributed by atoms with Crippen molar-refractivity contribution in [2.24, 2.45) is 0 Å². The van der Waals surface area contributed by atoms with E-state index in [1.165, 1.54) is 5.56 Å². The van der Waals surface area contributed by atoms with Gasteiger partial charge in [0.15, 0.2) is 5.13 Å².